The summed E-state index contributed by atoms with van der Waals surface area (Å²) in [6.07, 6.45) is 1.18. The van der Waals surface area contributed by atoms with E-state index in [1.54, 1.807) is 0 Å². The Labute approximate surface area is 111 Å². The second-order valence-electron chi connectivity index (χ2n) is 4.74. The van der Waals surface area contributed by atoms with E-state index in [-0.39, 0.29) is 6.04 Å². The Hall–Kier alpha value is -0.580. The van der Waals surface area contributed by atoms with Crippen LogP contribution < -0.4 is 10.5 Å². The van der Waals surface area contributed by atoms with Crippen molar-refractivity contribution in [2.75, 3.05) is 26.7 Å². The van der Waals surface area contributed by atoms with Gasteiger partial charge in [0, 0.05) is 17.1 Å². The zero-order valence-corrected chi connectivity index (χ0v) is 11.7. The van der Waals surface area contributed by atoms with E-state index in [9.17, 15) is 0 Å². The summed E-state index contributed by atoms with van der Waals surface area (Å²) < 4.78 is 6.75. The number of ether oxygens (including phenoxy) is 1. The molecule has 0 saturated carbocycles. The van der Waals surface area contributed by atoms with E-state index in [0.29, 0.717) is 12.5 Å². The van der Waals surface area contributed by atoms with E-state index in [0.717, 1.165) is 23.3 Å². The van der Waals surface area contributed by atoms with Crippen LogP contribution in [0.25, 0.3) is 0 Å². The summed E-state index contributed by atoms with van der Waals surface area (Å²) in [4.78, 5) is 2.32. The van der Waals surface area contributed by atoms with Gasteiger partial charge in [0.15, 0.2) is 0 Å². The van der Waals surface area contributed by atoms with Gasteiger partial charge in [-0.1, -0.05) is 22.0 Å². The normalized spacial score (nSPS) is 22.6. The smallest absolute Gasteiger partial charge is 0.120 e. The Kier molecular flexibility index (Phi) is 4.42. The third kappa shape index (κ3) is 3.69. The summed E-state index contributed by atoms with van der Waals surface area (Å²) in [6.45, 7) is 2.83. The molecule has 4 heteroatoms. The van der Waals surface area contributed by atoms with Crippen molar-refractivity contribution < 1.29 is 4.74 Å². The second-order valence-corrected chi connectivity index (χ2v) is 5.66. The van der Waals surface area contributed by atoms with E-state index in [1.165, 1.54) is 6.42 Å². The topological polar surface area (TPSA) is 38.5 Å². The molecule has 0 aliphatic carbocycles. The van der Waals surface area contributed by atoms with E-state index in [1.807, 2.05) is 24.3 Å². The molecule has 0 aromatic heterocycles. The SMILES string of the molecule is CN1CCC(C(N)COc2cccc(Br)c2)C1. The van der Waals surface area contributed by atoms with Gasteiger partial charge in [-0.3, -0.25) is 0 Å². The summed E-state index contributed by atoms with van der Waals surface area (Å²) in [6, 6.07) is 8.00. The third-order valence-electron chi connectivity index (χ3n) is 3.27. The van der Waals surface area contributed by atoms with Crippen molar-refractivity contribution in [3.63, 3.8) is 0 Å². The fourth-order valence-corrected chi connectivity index (χ4v) is 2.58. The average molecular weight is 299 g/mol. The highest BCUT2D eigenvalue weighted by atomic mass is 79.9. The minimum atomic E-state index is 0.124. The molecule has 17 heavy (non-hydrogen) atoms. The van der Waals surface area contributed by atoms with Gasteiger partial charge < -0.3 is 15.4 Å². The van der Waals surface area contributed by atoms with Crippen LogP contribution in [0.2, 0.25) is 0 Å². The second kappa shape index (κ2) is 5.85. The molecule has 1 heterocycles. The Balaban J connectivity index is 1.81. The van der Waals surface area contributed by atoms with E-state index in [2.05, 4.69) is 27.9 Å². The number of nitrogens with two attached hydrogens (primary N) is 1. The maximum absolute atomic E-state index is 6.16. The van der Waals surface area contributed by atoms with Crippen LogP contribution in [0.15, 0.2) is 28.7 Å². The van der Waals surface area contributed by atoms with Gasteiger partial charge in [-0.25, -0.2) is 0 Å². The van der Waals surface area contributed by atoms with E-state index >= 15 is 0 Å². The van der Waals surface area contributed by atoms with Gasteiger partial charge in [-0.2, -0.15) is 0 Å². The highest BCUT2D eigenvalue weighted by Gasteiger charge is 2.25. The lowest BCUT2D eigenvalue weighted by Gasteiger charge is -2.19. The summed E-state index contributed by atoms with van der Waals surface area (Å²) in [5.74, 6) is 1.44. The summed E-state index contributed by atoms with van der Waals surface area (Å²) in [7, 11) is 2.14. The van der Waals surface area contributed by atoms with Crippen molar-refractivity contribution in [2.24, 2.45) is 11.7 Å². The zero-order chi connectivity index (χ0) is 12.3. The molecule has 1 aromatic carbocycles. The fourth-order valence-electron chi connectivity index (χ4n) is 2.20. The largest absolute Gasteiger partial charge is 0.492 e. The zero-order valence-electron chi connectivity index (χ0n) is 10.1. The first-order valence-corrected chi connectivity index (χ1v) is 6.77. The van der Waals surface area contributed by atoms with Crippen LogP contribution in [-0.2, 0) is 0 Å². The minimum absolute atomic E-state index is 0.124. The first kappa shape index (κ1) is 12.9. The van der Waals surface area contributed by atoms with Crippen molar-refractivity contribution >= 4 is 15.9 Å². The number of hydrogen-bond acceptors (Lipinski definition) is 3. The maximum atomic E-state index is 6.16. The standard InChI is InChI=1S/C13H19BrN2O/c1-16-6-5-10(8-16)13(15)9-17-12-4-2-3-11(14)7-12/h2-4,7,10,13H,5-6,8-9,15H2,1H3. The van der Waals surface area contributed by atoms with Crippen molar-refractivity contribution in [1.29, 1.82) is 0 Å². The van der Waals surface area contributed by atoms with Crippen LogP contribution in [0.5, 0.6) is 5.75 Å². The molecule has 0 spiro atoms. The average Bonchev–Trinajstić information content (AvgIpc) is 2.73. The van der Waals surface area contributed by atoms with E-state index in [4.69, 9.17) is 10.5 Å². The third-order valence-corrected chi connectivity index (χ3v) is 3.77. The van der Waals surface area contributed by atoms with E-state index < -0.39 is 0 Å². The quantitative estimate of drug-likeness (QED) is 0.925. The van der Waals surface area contributed by atoms with Crippen molar-refractivity contribution in [2.45, 2.75) is 12.5 Å². The molecule has 1 saturated heterocycles. The molecule has 0 bridgehead atoms. The molecule has 1 aliphatic rings. The van der Waals surface area contributed by atoms with Gasteiger partial charge in [0.1, 0.15) is 12.4 Å². The molecule has 2 unspecified atom stereocenters. The van der Waals surface area contributed by atoms with Crippen LogP contribution in [0, 0.1) is 5.92 Å². The molecular formula is C13H19BrN2O. The first-order valence-electron chi connectivity index (χ1n) is 5.97. The summed E-state index contributed by atoms with van der Waals surface area (Å²) >= 11 is 3.43. The predicted octanol–water partition coefficient (Wildman–Crippen LogP) is 2.11. The molecule has 2 atom stereocenters. The molecule has 1 fully saturated rings. The summed E-state index contributed by atoms with van der Waals surface area (Å²) in [5.41, 5.74) is 6.16. The Morgan fingerprint density at radius 3 is 3.06 bits per heavy atom. The minimum Gasteiger partial charge on any atom is -0.492 e. The number of likely N-dealkylation sites (tertiary alicyclic amines) is 1. The number of nitrogens with zero attached hydrogens (tertiary/aromatic N) is 1. The molecule has 94 valence electrons. The molecule has 2 N–H and O–H groups in total. The highest BCUT2D eigenvalue weighted by Crippen LogP contribution is 2.20. The monoisotopic (exact) mass is 298 g/mol. The van der Waals surface area contributed by atoms with Gasteiger partial charge in [0.05, 0.1) is 0 Å². The molecular weight excluding hydrogens is 280 g/mol. The fraction of sp³-hybridized carbons (Fsp3) is 0.538. The number of benzene rings is 1. The Morgan fingerprint density at radius 2 is 2.41 bits per heavy atom. The lowest BCUT2D eigenvalue weighted by molar-refractivity contribution is 0.245. The number of halogens is 1. The Morgan fingerprint density at radius 1 is 1.59 bits per heavy atom. The van der Waals surface area contributed by atoms with Crippen LogP contribution in [0.4, 0.5) is 0 Å². The van der Waals surface area contributed by atoms with Gasteiger partial charge in [-0.05, 0) is 44.1 Å². The van der Waals surface area contributed by atoms with Crippen LogP contribution in [0.3, 0.4) is 0 Å². The van der Waals surface area contributed by atoms with Gasteiger partial charge >= 0.3 is 0 Å². The molecule has 3 nitrogen and oxygen atoms in total. The van der Waals surface area contributed by atoms with Gasteiger partial charge in [0.2, 0.25) is 0 Å². The molecule has 1 aromatic rings. The Bertz CT molecular complexity index is 372. The number of hydrogen-bond donors (Lipinski definition) is 1. The molecule has 1 aliphatic heterocycles. The van der Waals surface area contributed by atoms with Crippen LogP contribution in [0.1, 0.15) is 6.42 Å². The molecule has 0 amide bonds. The lowest BCUT2D eigenvalue weighted by Crippen LogP contribution is -2.37. The van der Waals surface area contributed by atoms with Crippen molar-refractivity contribution in [3.05, 3.63) is 28.7 Å². The molecule has 2 rings (SSSR count). The number of rotatable bonds is 4. The van der Waals surface area contributed by atoms with Crippen LogP contribution >= 0.6 is 15.9 Å². The molecule has 0 radical (unpaired) electrons. The van der Waals surface area contributed by atoms with Crippen LogP contribution in [-0.4, -0.2) is 37.7 Å². The van der Waals surface area contributed by atoms with Crippen molar-refractivity contribution in [1.82, 2.24) is 4.90 Å². The lowest BCUT2D eigenvalue weighted by atomic mass is 10.0. The van der Waals surface area contributed by atoms with Crippen molar-refractivity contribution in [3.8, 4) is 5.75 Å². The first-order chi connectivity index (χ1) is 8.15. The highest BCUT2D eigenvalue weighted by molar-refractivity contribution is 9.10. The summed E-state index contributed by atoms with van der Waals surface area (Å²) in [5, 5.41) is 0. The predicted molar refractivity (Wildman–Crippen MR) is 73.2 cm³/mol. The van der Waals surface area contributed by atoms with Gasteiger partial charge in [0.25, 0.3) is 0 Å². The van der Waals surface area contributed by atoms with Gasteiger partial charge in [-0.15, -0.1) is 0 Å². The maximum Gasteiger partial charge on any atom is 0.120 e.